The second-order valence-electron chi connectivity index (χ2n) is 1.67. The summed E-state index contributed by atoms with van der Waals surface area (Å²) in [6.07, 6.45) is 3.43. The number of hydrogen-bond acceptors (Lipinski definition) is 1. The molecule has 0 heterocycles. The molecule has 0 aliphatic carbocycles. The Labute approximate surface area is 50.2 Å². The largest absolute Gasteiger partial charge is 0.402 e. The van der Waals surface area contributed by atoms with Crippen molar-refractivity contribution in [1.29, 1.82) is 0 Å². The molecule has 0 unspecified atom stereocenters. The van der Waals surface area contributed by atoms with Crippen molar-refractivity contribution in [1.82, 2.24) is 0 Å². The highest BCUT2D eigenvalue weighted by Crippen LogP contribution is 1.94. The van der Waals surface area contributed by atoms with E-state index in [-0.39, 0.29) is 0 Å². The highest BCUT2D eigenvalue weighted by molar-refractivity contribution is 5.27. The van der Waals surface area contributed by atoms with Crippen molar-refractivity contribution in [2.45, 2.75) is 6.92 Å². The molecule has 0 spiro atoms. The third-order valence-electron chi connectivity index (χ3n) is 0.675. The van der Waals surface area contributed by atoms with E-state index < -0.39 is 0 Å². The molecule has 0 aliphatic heterocycles. The van der Waals surface area contributed by atoms with E-state index >= 15 is 0 Å². The lowest BCUT2D eigenvalue weighted by Gasteiger charge is -1.88. The van der Waals surface area contributed by atoms with Gasteiger partial charge in [-0.05, 0) is 18.6 Å². The SMILES string of the molecule is C=CC(=C)/C=C(\C)N. The summed E-state index contributed by atoms with van der Waals surface area (Å²) in [6.45, 7) is 8.97. The maximum atomic E-state index is 5.32. The van der Waals surface area contributed by atoms with Crippen LogP contribution < -0.4 is 5.73 Å². The van der Waals surface area contributed by atoms with Gasteiger partial charge in [0, 0.05) is 5.70 Å². The van der Waals surface area contributed by atoms with Crippen LogP contribution in [0.5, 0.6) is 0 Å². The lowest BCUT2D eigenvalue weighted by atomic mass is 10.2. The molecule has 2 N–H and O–H groups in total. The Morgan fingerprint density at radius 1 is 1.62 bits per heavy atom. The Morgan fingerprint density at radius 2 is 2.12 bits per heavy atom. The van der Waals surface area contributed by atoms with Crippen LogP contribution in [0, 0.1) is 0 Å². The molecular weight excluding hydrogens is 98.1 g/mol. The van der Waals surface area contributed by atoms with Crippen molar-refractivity contribution in [2.24, 2.45) is 5.73 Å². The molecule has 0 saturated heterocycles. The van der Waals surface area contributed by atoms with Gasteiger partial charge >= 0.3 is 0 Å². The zero-order valence-corrected chi connectivity index (χ0v) is 5.15. The summed E-state index contributed by atoms with van der Waals surface area (Å²) in [5, 5.41) is 0. The minimum absolute atomic E-state index is 0.759. The number of rotatable bonds is 2. The molecule has 0 aliphatic rings. The van der Waals surface area contributed by atoms with E-state index in [1.165, 1.54) is 0 Å². The van der Waals surface area contributed by atoms with Gasteiger partial charge in [-0.15, -0.1) is 0 Å². The summed E-state index contributed by atoms with van der Waals surface area (Å²) in [6, 6.07) is 0. The predicted octanol–water partition coefficient (Wildman–Crippen LogP) is 1.59. The average molecular weight is 109 g/mol. The van der Waals surface area contributed by atoms with Crippen molar-refractivity contribution in [2.75, 3.05) is 0 Å². The molecule has 0 amide bonds. The van der Waals surface area contributed by atoms with Crippen molar-refractivity contribution >= 4 is 0 Å². The molecule has 0 aromatic carbocycles. The molecule has 1 nitrogen and oxygen atoms in total. The predicted molar refractivity (Wildman–Crippen MR) is 37.3 cm³/mol. The minimum Gasteiger partial charge on any atom is -0.402 e. The lowest BCUT2D eigenvalue weighted by molar-refractivity contribution is 1.31. The van der Waals surface area contributed by atoms with Crippen LogP contribution in [0.1, 0.15) is 6.92 Å². The molecule has 0 rings (SSSR count). The minimum atomic E-state index is 0.759. The summed E-state index contributed by atoms with van der Waals surface area (Å²) < 4.78 is 0. The summed E-state index contributed by atoms with van der Waals surface area (Å²) in [4.78, 5) is 0. The van der Waals surface area contributed by atoms with Crippen molar-refractivity contribution in [3.8, 4) is 0 Å². The molecule has 0 atom stereocenters. The van der Waals surface area contributed by atoms with Crippen LogP contribution in [0.3, 0.4) is 0 Å². The van der Waals surface area contributed by atoms with Gasteiger partial charge < -0.3 is 5.73 Å². The molecule has 0 fully saturated rings. The molecule has 44 valence electrons. The first-order chi connectivity index (χ1) is 3.66. The second-order valence-corrected chi connectivity index (χ2v) is 1.67. The Bertz CT molecular complexity index is 127. The highest BCUT2D eigenvalue weighted by Gasteiger charge is 1.77. The Hall–Kier alpha value is -0.980. The maximum absolute atomic E-state index is 5.32. The van der Waals surface area contributed by atoms with E-state index in [4.69, 9.17) is 5.73 Å². The van der Waals surface area contributed by atoms with Gasteiger partial charge in [-0.25, -0.2) is 0 Å². The summed E-state index contributed by atoms with van der Waals surface area (Å²) in [5.74, 6) is 0. The van der Waals surface area contributed by atoms with Crippen LogP contribution in [-0.2, 0) is 0 Å². The molecule has 1 heteroatoms. The molecule has 0 aromatic rings. The fraction of sp³-hybridized carbons (Fsp3) is 0.143. The summed E-state index contributed by atoms with van der Waals surface area (Å²) in [5.41, 5.74) is 6.93. The zero-order valence-electron chi connectivity index (χ0n) is 5.15. The van der Waals surface area contributed by atoms with Gasteiger partial charge in [-0.2, -0.15) is 0 Å². The molecule has 0 bridgehead atoms. The molecule has 0 radical (unpaired) electrons. The quantitative estimate of drug-likeness (QED) is 0.535. The van der Waals surface area contributed by atoms with Crippen LogP contribution in [0.2, 0.25) is 0 Å². The van der Waals surface area contributed by atoms with E-state index in [1.807, 2.05) is 6.92 Å². The van der Waals surface area contributed by atoms with Crippen molar-refractivity contribution in [3.63, 3.8) is 0 Å². The lowest BCUT2D eigenvalue weighted by Crippen LogP contribution is -1.89. The van der Waals surface area contributed by atoms with Crippen LogP contribution in [0.25, 0.3) is 0 Å². The smallest absolute Gasteiger partial charge is 0.00546 e. The first-order valence-electron chi connectivity index (χ1n) is 2.42. The monoisotopic (exact) mass is 109 g/mol. The zero-order chi connectivity index (χ0) is 6.57. The van der Waals surface area contributed by atoms with E-state index in [0.717, 1.165) is 11.3 Å². The molecule has 8 heavy (non-hydrogen) atoms. The Morgan fingerprint density at radius 3 is 2.25 bits per heavy atom. The van der Waals surface area contributed by atoms with E-state index in [1.54, 1.807) is 12.2 Å². The van der Waals surface area contributed by atoms with Gasteiger partial charge in [0.2, 0.25) is 0 Å². The normalized spacial score (nSPS) is 10.9. The fourth-order valence-electron chi connectivity index (χ4n) is 0.351. The molecular formula is C7H11N. The van der Waals surface area contributed by atoms with E-state index in [0.29, 0.717) is 0 Å². The Balaban J connectivity index is 3.89. The third-order valence-corrected chi connectivity index (χ3v) is 0.675. The first-order valence-corrected chi connectivity index (χ1v) is 2.42. The van der Waals surface area contributed by atoms with Crippen LogP contribution in [-0.4, -0.2) is 0 Å². The van der Waals surface area contributed by atoms with Crippen molar-refractivity contribution < 1.29 is 0 Å². The number of allylic oxidation sites excluding steroid dienone is 4. The summed E-state index contributed by atoms with van der Waals surface area (Å²) >= 11 is 0. The maximum Gasteiger partial charge on any atom is 0.00546 e. The first kappa shape index (κ1) is 7.02. The van der Waals surface area contributed by atoms with Gasteiger partial charge in [0.1, 0.15) is 0 Å². The van der Waals surface area contributed by atoms with Gasteiger partial charge in [0.05, 0.1) is 0 Å². The number of nitrogens with two attached hydrogens (primary N) is 1. The molecule has 0 aromatic heterocycles. The van der Waals surface area contributed by atoms with Crippen molar-refractivity contribution in [3.05, 3.63) is 36.6 Å². The van der Waals surface area contributed by atoms with E-state index in [9.17, 15) is 0 Å². The standard InChI is InChI=1S/C7H11N/c1-4-6(2)5-7(3)8/h4-5H,1-2,8H2,3H3/b7-5+. The van der Waals surface area contributed by atoms with Gasteiger partial charge in [-0.1, -0.05) is 19.2 Å². The van der Waals surface area contributed by atoms with Crippen LogP contribution >= 0.6 is 0 Å². The third kappa shape index (κ3) is 3.22. The van der Waals surface area contributed by atoms with Gasteiger partial charge in [0.15, 0.2) is 0 Å². The fourth-order valence-corrected chi connectivity index (χ4v) is 0.351. The van der Waals surface area contributed by atoms with Gasteiger partial charge in [-0.3, -0.25) is 0 Å². The Kier molecular flexibility index (Phi) is 2.70. The van der Waals surface area contributed by atoms with Gasteiger partial charge in [0.25, 0.3) is 0 Å². The summed E-state index contributed by atoms with van der Waals surface area (Å²) in [7, 11) is 0. The second kappa shape index (κ2) is 3.08. The average Bonchev–Trinajstić information content (AvgIpc) is 1.65. The molecule has 0 saturated carbocycles. The van der Waals surface area contributed by atoms with Crippen LogP contribution in [0.4, 0.5) is 0 Å². The highest BCUT2D eigenvalue weighted by atomic mass is 14.5. The topological polar surface area (TPSA) is 26.0 Å². The van der Waals surface area contributed by atoms with Crippen LogP contribution in [0.15, 0.2) is 36.6 Å². The van der Waals surface area contributed by atoms with E-state index in [2.05, 4.69) is 13.2 Å². The number of hydrogen-bond donors (Lipinski definition) is 1.